The second-order valence-corrected chi connectivity index (χ2v) is 14.3. The van der Waals surface area contributed by atoms with Crippen molar-refractivity contribution in [1.82, 2.24) is 0 Å². The third-order valence-corrected chi connectivity index (χ3v) is 11.2. The van der Waals surface area contributed by atoms with Crippen LogP contribution in [0.5, 0.6) is 5.75 Å². The molecule has 2 aliphatic carbocycles. The normalized spacial score (nSPS) is 32.3. The van der Waals surface area contributed by atoms with E-state index in [1.165, 1.54) is 50.3 Å². The van der Waals surface area contributed by atoms with Crippen molar-refractivity contribution >= 4 is 13.2 Å². The van der Waals surface area contributed by atoms with Crippen LogP contribution in [-0.4, -0.2) is 16.4 Å². The summed E-state index contributed by atoms with van der Waals surface area (Å²) in [6, 6.07) is 6.68. The van der Waals surface area contributed by atoms with Gasteiger partial charge in [0.15, 0.2) is 0 Å². The summed E-state index contributed by atoms with van der Waals surface area (Å²) < 4.78 is 0. The molecule has 0 aromatic heterocycles. The average Bonchev–Trinajstić information content (AvgIpc) is 2.62. The van der Waals surface area contributed by atoms with Gasteiger partial charge in [-0.1, -0.05) is 93.8 Å². The lowest BCUT2D eigenvalue weighted by atomic mass is 9.77. The highest BCUT2D eigenvalue weighted by molar-refractivity contribution is 7.67. The maximum atomic E-state index is 11.5. The molecule has 164 valence electrons. The van der Waals surface area contributed by atoms with Crippen molar-refractivity contribution in [2.45, 2.75) is 110 Å². The maximum Gasteiger partial charge on any atom is 0.126 e. The zero-order chi connectivity index (χ0) is 21.3. The molecular weight excluding hydrogens is 371 g/mol. The molecule has 3 unspecified atom stereocenters. The molecule has 2 saturated carbocycles. The number of benzene rings is 1. The summed E-state index contributed by atoms with van der Waals surface area (Å²) in [5.41, 5.74) is 2.67. The minimum atomic E-state index is -0.351. The highest BCUT2D eigenvalue weighted by Crippen LogP contribution is 2.60. The molecule has 3 rings (SSSR count). The fourth-order valence-corrected chi connectivity index (χ4v) is 10.6. The average molecular weight is 417 g/mol. The minimum absolute atomic E-state index is 0.0156. The molecule has 2 heteroatoms. The first-order chi connectivity index (χ1) is 13.6. The molecule has 6 atom stereocenters. The molecular formula is C27H45OP. The quantitative estimate of drug-likeness (QED) is 0.496. The van der Waals surface area contributed by atoms with Crippen molar-refractivity contribution in [3.05, 3.63) is 23.8 Å². The van der Waals surface area contributed by atoms with Gasteiger partial charge in [-0.05, 0) is 71.7 Å². The van der Waals surface area contributed by atoms with Gasteiger partial charge in [0, 0.05) is 5.30 Å². The molecule has 0 aliphatic heterocycles. The molecule has 0 spiro atoms. The predicted molar refractivity (Wildman–Crippen MR) is 130 cm³/mol. The van der Waals surface area contributed by atoms with Gasteiger partial charge in [0.05, 0.1) is 0 Å². The van der Waals surface area contributed by atoms with Gasteiger partial charge in [0.1, 0.15) is 5.75 Å². The highest BCUT2D eigenvalue weighted by atomic mass is 31.1. The van der Waals surface area contributed by atoms with Crippen molar-refractivity contribution in [3.8, 4) is 5.75 Å². The van der Waals surface area contributed by atoms with E-state index in [1.54, 1.807) is 0 Å². The number of phenols is 1. The topological polar surface area (TPSA) is 20.2 Å². The Morgan fingerprint density at radius 1 is 0.966 bits per heavy atom. The van der Waals surface area contributed by atoms with Gasteiger partial charge in [-0.25, -0.2) is 0 Å². The lowest BCUT2D eigenvalue weighted by Crippen LogP contribution is -2.37. The summed E-state index contributed by atoms with van der Waals surface area (Å²) in [6.45, 7) is 16.5. The van der Waals surface area contributed by atoms with Crippen LogP contribution in [-0.2, 0) is 5.41 Å². The molecule has 29 heavy (non-hydrogen) atoms. The van der Waals surface area contributed by atoms with E-state index < -0.39 is 0 Å². The van der Waals surface area contributed by atoms with Gasteiger partial charge in [0.2, 0.25) is 0 Å². The van der Waals surface area contributed by atoms with Crippen LogP contribution in [0.2, 0.25) is 0 Å². The SMILES string of the molecule is CC(C)[C@@H]1CC[C@@H](C)CC1P(c1cccc(C(C)(C)C)c1O)C1CCC[C@@H](C)C1. The summed E-state index contributed by atoms with van der Waals surface area (Å²) in [5.74, 6) is 3.85. The van der Waals surface area contributed by atoms with E-state index in [-0.39, 0.29) is 13.3 Å². The highest BCUT2D eigenvalue weighted by Gasteiger charge is 2.42. The molecule has 0 saturated heterocycles. The van der Waals surface area contributed by atoms with Crippen LogP contribution >= 0.6 is 7.92 Å². The molecule has 1 N–H and O–H groups in total. The second-order valence-electron chi connectivity index (χ2n) is 11.6. The van der Waals surface area contributed by atoms with E-state index in [1.807, 2.05) is 0 Å². The number of hydrogen-bond acceptors (Lipinski definition) is 1. The van der Waals surface area contributed by atoms with Crippen LogP contribution in [0.1, 0.15) is 99.0 Å². The fraction of sp³-hybridized carbons (Fsp3) is 0.778. The van der Waals surface area contributed by atoms with Gasteiger partial charge in [-0.2, -0.15) is 0 Å². The van der Waals surface area contributed by atoms with Crippen molar-refractivity contribution in [2.75, 3.05) is 0 Å². The fourth-order valence-electron chi connectivity index (χ4n) is 6.12. The van der Waals surface area contributed by atoms with Crippen LogP contribution in [0.4, 0.5) is 0 Å². The Morgan fingerprint density at radius 2 is 1.66 bits per heavy atom. The van der Waals surface area contributed by atoms with E-state index in [4.69, 9.17) is 0 Å². The van der Waals surface area contributed by atoms with Gasteiger partial charge in [0.25, 0.3) is 0 Å². The zero-order valence-corrected chi connectivity index (χ0v) is 20.9. The Balaban J connectivity index is 2.09. The standard InChI is InChI=1S/C27H45OP/c1-18(2)22-15-14-20(4)17-25(22)29(21-11-8-10-19(3)16-21)24-13-9-12-23(26(24)28)27(5,6)7/h9,12-13,18-22,25,28H,8,10-11,14-17H2,1-7H3/t19-,20-,21?,22+,25?,29?/m1/s1. The van der Waals surface area contributed by atoms with E-state index in [2.05, 4.69) is 66.7 Å². The van der Waals surface area contributed by atoms with Crippen molar-refractivity contribution in [2.24, 2.45) is 23.7 Å². The lowest BCUT2D eigenvalue weighted by Gasteiger charge is -2.47. The van der Waals surface area contributed by atoms with Crippen molar-refractivity contribution in [3.63, 3.8) is 0 Å². The summed E-state index contributed by atoms with van der Waals surface area (Å²) in [6.07, 6.45) is 9.62. The molecule has 2 aliphatic rings. The van der Waals surface area contributed by atoms with Gasteiger partial charge < -0.3 is 5.11 Å². The van der Waals surface area contributed by atoms with Crippen molar-refractivity contribution < 1.29 is 5.11 Å². The van der Waals surface area contributed by atoms with E-state index in [9.17, 15) is 5.11 Å². The summed E-state index contributed by atoms with van der Waals surface area (Å²) in [4.78, 5) is 0. The minimum Gasteiger partial charge on any atom is -0.507 e. The molecule has 0 heterocycles. The predicted octanol–water partition coefficient (Wildman–Crippen LogP) is 7.84. The Hall–Kier alpha value is -0.550. The van der Waals surface area contributed by atoms with Gasteiger partial charge >= 0.3 is 0 Å². The molecule has 0 amide bonds. The third kappa shape index (κ3) is 5.20. The van der Waals surface area contributed by atoms with E-state index in [0.717, 1.165) is 40.6 Å². The summed E-state index contributed by atoms with van der Waals surface area (Å²) in [5, 5.41) is 12.9. The first kappa shape index (κ1) is 23.1. The first-order valence-electron chi connectivity index (χ1n) is 12.2. The molecule has 0 bridgehead atoms. The Morgan fingerprint density at radius 3 is 2.28 bits per heavy atom. The Bertz CT molecular complexity index is 674. The van der Waals surface area contributed by atoms with Crippen LogP contribution in [0.25, 0.3) is 0 Å². The van der Waals surface area contributed by atoms with Crippen LogP contribution < -0.4 is 5.30 Å². The molecule has 2 fully saturated rings. The van der Waals surface area contributed by atoms with Gasteiger partial charge in [-0.15, -0.1) is 0 Å². The number of hydrogen-bond donors (Lipinski definition) is 1. The second kappa shape index (κ2) is 9.30. The van der Waals surface area contributed by atoms with E-state index in [0.29, 0.717) is 5.75 Å². The van der Waals surface area contributed by atoms with Crippen LogP contribution in [0, 0.1) is 23.7 Å². The lowest BCUT2D eigenvalue weighted by molar-refractivity contribution is 0.239. The molecule has 1 aromatic carbocycles. The van der Waals surface area contributed by atoms with Crippen LogP contribution in [0.3, 0.4) is 0 Å². The zero-order valence-electron chi connectivity index (χ0n) is 20.0. The summed E-state index contributed by atoms with van der Waals surface area (Å²) >= 11 is 0. The number of aromatic hydroxyl groups is 1. The number of para-hydroxylation sites is 1. The van der Waals surface area contributed by atoms with Crippen molar-refractivity contribution in [1.29, 1.82) is 0 Å². The largest absolute Gasteiger partial charge is 0.507 e. The third-order valence-electron chi connectivity index (χ3n) is 7.75. The molecule has 1 aromatic rings. The monoisotopic (exact) mass is 416 g/mol. The van der Waals surface area contributed by atoms with Gasteiger partial charge in [-0.3, -0.25) is 0 Å². The first-order valence-corrected chi connectivity index (χ1v) is 13.7. The summed E-state index contributed by atoms with van der Waals surface area (Å²) in [7, 11) is -0.351. The maximum absolute atomic E-state index is 11.5. The number of phenolic OH excluding ortho intramolecular Hbond substituents is 1. The van der Waals surface area contributed by atoms with E-state index >= 15 is 0 Å². The molecule has 0 radical (unpaired) electrons. The molecule has 1 nitrogen and oxygen atoms in total. The van der Waals surface area contributed by atoms with Crippen LogP contribution in [0.15, 0.2) is 18.2 Å². The smallest absolute Gasteiger partial charge is 0.126 e. The number of rotatable bonds is 4. The Kier molecular flexibility index (Phi) is 7.41. The Labute approximate surface area is 181 Å².